The van der Waals surface area contributed by atoms with Crippen LogP contribution in [-0.4, -0.2) is 9.55 Å². The first-order valence-corrected chi connectivity index (χ1v) is 7.81. The Labute approximate surface area is 129 Å². The number of rotatable bonds is 5. The van der Waals surface area contributed by atoms with Crippen LogP contribution in [0.1, 0.15) is 19.8 Å². The maximum Gasteiger partial charge on any atom is 0.207 e. The van der Waals surface area contributed by atoms with Gasteiger partial charge in [0.05, 0.1) is 0 Å². The first kappa shape index (κ1) is 13.9. The topological polar surface area (TPSA) is 29.9 Å². The lowest BCUT2D eigenvalue weighted by molar-refractivity contribution is 0.638. The Balaban J connectivity index is 2.13. The minimum atomic E-state index is 0.900. The summed E-state index contributed by atoms with van der Waals surface area (Å²) in [6, 6.07) is 6.21. The third-order valence-corrected chi connectivity index (χ3v) is 4.98. The monoisotopic (exact) mass is 419 g/mol. The lowest BCUT2D eigenvalue weighted by Crippen LogP contribution is -2.03. The number of nitrogens with one attached hydrogen (secondary N) is 1. The van der Waals surface area contributed by atoms with Crippen molar-refractivity contribution >= 4 is 50.2 Å². The minimum Gasteiger partial charge on any atom is -0.326 e. The average molecular weight is 420 g/mol. The Hall–Kier alpha value is -0.560. The number of imidazole rings is 1. The molecule has 96 valence electrons. The molecule has 0 aliphatic heterocycles. The van der Waals surface area contributed by atoms with Gasteiger partial charge in [-0.25, -0.2) is 4.98 Å². The minimum absolute atomic E-state index is 0.900. The summed E-state index contributed by atoms with van der Waals surface area (Å²) in [5.41, 5.74) is 1.05. The maximum atomic E-state index is 4.35. The second-order valence-corrected chi connectivity index (χ2v) is 6.07. The molecule has 1 aromatic heterocycles. The smallest absolute Gasteiger partial charge is 0.207 e. The molecule has 0 aliphatic carbocycles. The fraction of sp³-hybridized carbons (Fsp3) is 0.308. The van der Waals surface area contributed by atoms with Crippen LogP contribution in [0, 0.1) is 3.57 Å². The number of anilines is 2. The van der Waals surface area contributed by atoms with Crippen molar-refractivity contribution in [3.05, 3.63) is 38.6 Å². The van der Waals surface area contributed by atoms with Gasteiger partial charge >= 0.3 is 0 Å². The molecule has 1 N–H and O–H groups in total. The molecule has 0 radical (unpaired) electrons. The molecular weight excluding hydrogens is 405 g/mol. The van der Waals surface area contributed by atoms with Crippen LogP contribution in [0.4, 0.5) is 11.6 Å². The zero-order valence-electron chi connectivity index (χ0n) is 10.2. The van der Waals surface area contributed by atoms with E-state index < -0.39 is 0 Å². The zero-order chi connectivity index (χ0) is 13.0. The molecule has 3 nitrogen and oxygen atoms in total. The highest BCUT2D eigenvalue weighted by atomic mass is 127. The number of nitrogens with zero attached hydrogens (tertiary/aromatic N) is 2. The molecule has 5 heteroatoms. The molecule has 1 aromatic carbocycles. The number of hydrogen-bond donors (Lipinski definition) is 1. The summed E-state index contributed by atoms with van der Waals surface area (Å²) in [6.07, 6.45) is 6.20. The molecule has 0 amide bonds. The fourth-order valence-corrected chi connectivity index (χ4v) is 2.36. The van der Waals surface area contributed by atoms with Crippen molar-refractivity contribution < 1.29 is 0 Å². The van der Waals surface area contributed by atoms with E-state index in [1.54, 1.807) is 0 Å². The number of aromatic nitrogens is 2. The van der Waals surface area contributed by atoms with Crippen LogP contribution in [0.15, 0.2) is 35.1 Å². The summed E-state index contributed by atoms with van der Waals surface area (Å²) in [5.74, 6) is 0.900. The number of halogens is 2. The highest BCUT2D eigenvalue weighted by Crippen LogP contribution is 2.24. The molecular formula is C13H15BrIN3. The highest BCUT2D eigenvalue weighted by molar-refractivity contribution is 14.1. The van der Waals surface area contributed by atoms with Crippen LogP contribution in [0.3, 0.4) is 0 Å². The number of hydrogen-bond acceptors (Lipinski definition) is 2. The van der Waals surface area contributed by atoms with Crippen LogP contribution >= 0.6 is 38.5 Å². The Kier molecular flexibility index (Phi) is 5.05. The predicted octanol–water partition coefficient (Wildman–Crippen LogP) is 4.79. The lowest BCUT2D eigenvalue weighted by Gasteiger charge is -2.10. The molecule has 0 unspecified atom stereocenters. The SMILES string of the molecule is CCCCn1ccnc1Nc1ccc(I)c(Br)c1. The molecule has 0 bridgehead atoms. The Morgan fingerprint density at radius 2 is 2.28 bits per heavy atom. The van der Waals surface area contributed by atoms with Gasteiger partial charge in [0.1, 0.15) is 0 Å². The van der Waals surface area contributed by atoms with E-state index in [0.29, 0.717) is 0 Å². The summed E-state index contributed by atoms with van der Waals surface area (Å²) in [7, 11) is 0. The lowest BCUT2D eigenvalue weighted by atomic mass is 10.3. The first-order chi connectivity index (χ1) is 8.70. The van der Waals surface area contributed by atoms with E-state index in [-0.39, 0.29) is 0 Å². The molecule has 1 heterocycles. The molecule has 0 fully saturated rings. The summed E-state index contributed by atoms with van der Waals surface area (Å²) in [4.78, 5) is 4.35. The van der Waals surface area contributed by atoms with Crippen LogP contribution in [-0.2, 0) is 6.54 Å². The van der Waals surface area contributed by atoms with Gasteiger partial charge in [-0.05, 0) is 63.1 Å². The molecule has 0 saturated carbocycles. The molecule has 2 rings (SSSR count). The van der Waals surface area contributed by atoms with Gasteiger partial charge in [0.2, 0.25) is 5.95 Å². The van der Waals surface area contributed by atoms with Crippen molar-refractivity contribution in [3.63, 3.8) is 0 Å². The molecule has 0 spiro atoms. The largest absolute Gasteiger partial charge is 0.326 e. The van der Waals surface area contributed by atoms with E-state index in [2.05, 4.69) is 78.5 Å². The van der Waals surface area contributed by atoms with Gasteiger partial charge in [0.15, 0.2) is 0 Å². The van der Waals surface area contributed by atoms with E-state index in [4.69, 9.17) is 0 Å². The second kappa shape index (κ2) is 6.56. The fourth-order valence-electron chi connectivity index (χ4n) is 1.65. The first-order valence-electron chi connectivity index (χ1n) is 5.94. The van der Waals surface area contributed by atoms with Gasteiger partial charge in [-0.1, -0.05) is 13.3 Å². The number of unbranched alkanes of at least 4 members (excludes halogenated alkanes) is 1. The number of benzene rings is 1. The quantitative estimate of drug-likeness (QED) is 0.705. The van der Waals surface area contributed by atoms with E-state index in [0.717, 1.165) is 22.7 Å². The van der Waals surface area contributed by atoms with E-state index >= 15 is 0 Å². The van der Waals surface area contributed by atoms with Crippen LogP contribution in [0.5, 0.6) is 0 Å². The average Bonchev–Trinajstić information content (AvgIpc) is 2.79. The van der Waals surface area contributed by atoms with Crippen molar-refractivity contribution in [1.29, 1.82) is 0 Å². The molecule has 0 aliphatic rings. The van der Waals surface area contributed by atoms with Crippen LogP contribution < -0.4 is 5.32 Å². The Morgan fingerprint density at radius 3 is 3.00 bits per heavy atom. The van der Waals surface area contributed by atoms with Gasteiger partial charge in [0.25, 0.3) is 0 Å². The van der Waals surface area contributed by atoms with E-state index in [1.165, 1.54) is 16.4 Å². The Bertz CT molecular complexity index is 525. The summed E-state index contributed by atoms with van der Waals surface area (Å²) < 4.78 is 4.45. The van der Waals surface area contributed by atoms with Crippen molar-refractivity contribution in [1.82, 2.24) is 9.55 Å². The zero-order valence-corrected chi connectivity index (χ0v) is 13.9. The van der Waals surface area contributed by atoms with Gasteiger partial charge in [-0.2, -0.15) is 0 Å². The van der Waals surface area contributed by atoms with Crippen molar-refractivity contribution in [3.8, 4) is 0 Å². The van der Waals surface area contributed by atoms with Crippen LogP contribution in [0.25, 0.3) is 0 Å². The second-order valence-electron chi connectivity index (χ2n) is 4.05. The van der Waals surface area contributed by atoms with Crippen LogP contribution in [0.2, 0.25) is 0 Å². The molecule has 2 aromatic rings. The standard InChI is InChI=1S/C13H15BrIN3/c1-2-3-7-18-8-6-16-13(18)17-10-4-5-12(15)11(14)9-10/h4-6,8-9H,2-3,7H2,1H3,(H,16,17). The van der Waals surface area contributed by atoms with Gasteiger partial charge in [0, 0.05) is 32.7 Å². The Morgan fingerprint density at radius 1 is 1.44 bits per heavy atom. The summed E-state index contributed by atoms with van der Waals surface area (Å²) in [5, 5.41) is 3.35. The number of aryl methyl sites for hydroxylation is 1. The molecule has 0 atom stereocenters. The van der Waals surface area contributed by atoms with Gasteiger partial charge in [-0.3, -0.25) is 0 Å². The molecule has 18 heavy (non-hydrogen) atoms. The summed E-state index contributed by atoms with van der Waals surface area (Å²) >= 11 is 5.84. The van der Waals surface area contributed by atoms with Gasteiger partial charge < -0.3 is 9.88 Å². The van der Waals surface area contributed by atoms with E-state index in [1.807, 2.05) is 12.4 Å². The third-order valence-electron chi connectivity index (χ3n) is 2.64. The van der Waals surface area contributed by atoms with E-state index in [9.17, 15) is 0 Å². The maximum absolute atomic E-state index is 4.35. The normalized spacial score (nSPS) is 10.6. The van der Waals surface area contributed by atoms with Crippen molar-refractivity contribution in [2.75, 3.05) is 5.32 Å². The highest BCUT2D eigenvalue weighted by Gasteiger charge is 2.04. The predicted molar refractivity (Wildman–Crippen MR) is 87.3 cm³/mol. The van der Waals surface area contributed by atoms with Crippen molar-refractivity contribution in [2.45, 2.75) is 26.3 Å². The third kappa shape index (κ3) is 3.47. The summed E-state index contributed by atoms with van der Waals surface area (Å²) in [6.45, 7) is 3.20. The molecule has 0 saturated heterocycles. The van der Waals surface area contributed by atoms with Gasteiger partial charge in [-0.15, -0.1) is 0 Å². The van der Waals surface area contributed by atoms with Crippen molar-refractivity contribution in [2.24, 2.45) is 0 Å².